The largest absolute Gasteiger partial charge is 0.496 e. The van der Waals surface area contributed by atoms with Crippen LogP contribution in [0, 0.1) is 12.7 Å². The van der Waals surface area contributed by atoms with Gasteiger partial charge in [-0.25, -0.2) is 24.3 Å². The summed E-state index contributed by atoms with van der Waals surface area (Å²) in [6, 6.07) is 25.9. The Bertz CT molecular complexity index is 2840. The summed E-state index contributed by atoms with van der Waals surface area (Å²) in [6.45, 7) is 8.24. The monoisotopic (exact) mass is 913 g/mol. The van der Waals surface area contributed by atoms with Crippen LogP contribution in [0.15, 0.2) is 97.5 Å². The number of ether oxygens (including phenoxy) is 3. The van der Waals surface area contributed by atoms with Crippen molar-refractivity contribution in [3.63, 3.8) is 0 Å². The maximum atomic E-state index is 14.3. The van der Waals surface area contributed by atoms with Crippen molar-refractivity contribution in [1.29, 1.82) is 0 Å². The van der Waals surface area contributed by atoms with Crippen molar-refractivity contribution >= 4 is 38.9 Å². The van der Waals surface area contributed by atoms with E-state index in [0.29, 0.717) is 56.9 Å². The topological polar surface area (TPSA) is 126 Å². The number of aliphatic hydroxyl groups is 1. The van der Waals surface area contributed by atoms with E-state index >= 15 is 0 Å². The maximum Gasteiger partial charge on any atom is 0.226 e. The highest BCUT2D eigenvalue weighted by Gasteiger charge is 2.29. The molecule has 1 saturated heterocycles. The summed E-state index contributed by atoms with van der Waals surface area (Å²) in [7, 11) is 3.77. The molecule has 3 aromatic heterocycles. The van der Waals surface area contributed by atoms with Crippen LogP contribution in [-0.2, 0) is 30.9 Å². The minimum absolute atomic E-state index is 0.0640. The second kappa shape index (κ2) is 19.7. The summed E-state index contributed by atoms with van der Waals surface area (Å²) in [5.41, 5.74) is 7.33. The Balaban J connectivity index is 1.15. The van der Waals surface area contributed by atoms with Gasteiger partial charge in [0.05, 0.1) is 23.8 Å². The van der Waals surface area contributed by atoms with Gasteiger partial charge in [0.15, 0.2) is 17.7 Å². The lowest BCUT2D eigenvalue weighted by molar-refractivity contribution is -0.128. The second-order valence-electron chi connectivity index (χ2n) is 16.5. The molecule has 6 heterocycles. The van der Waals surface area contributed by atoms with Crippen LogP contribution in [0.4, 0.5) is 4.39 Å². The number of thiophene rings is 1. The first kappa shape index (κ1) is 44.3. The van der Waals surface area contributed by atoms with Gasteiger partial charge in [-0.3, -0.25) is 14.6 Å². The standard InChI is InChI=1S/C50H49ClFN7O5S/c1-31-38-14-11-34(46(31)51)27-59(23-22-58-20-18-57(2)19-21-58)26-32-8-15-41(63-29-37-16-17-53-48(56-37)39-6-4-5-7-42(39)62-3)35(24-32)25-43(40(61)28-60)64-49-45-44(38)47(65-50(45)55-30-54-49)33-9-12-36(52)13-10-33/h4-17,24,30,43,60H,18-23,25-29H2,1-3H3/t43-/m1/s1. The number of Topliss-reactive ketones (excluding diaryl/α,β-unsaturated/α-hetero) is 1. The van der Waals surface area contributed by atoms with Crippen molar-refractivity contribution in [3.05, 3.63) is 136 Å². The van der Waals surface area contributed by atoms with E-state index < -0.39 is 18.5 Å². The number of ketones is 1. The van der Waals surface area contributed by atoms with Gasteiger partial charge in [-0.15, -0.1) is 11.3 Å². The Labute approximate surface area is 386 Å². The third-order valence-electron chi connectivity index (χ3n) is 12.2. The normalized spacial score (nSPS) is 16.1. The van der Waals surface area contributed by atoms with E-state index in [2.05, 4.69) is 54.9 Å². The number of benzene rings is 4. The van der Waals surface area contributed by atoms with E-state index in [1.54, 1.807) is 31.5 Å². The van der Waals surface area contributed by atoms with E-state index in [4.69, 9.17) is 30.8 Å². The smallest absolute Gasteiger partial charge is 0.226 e. The molecule has 4 aromatic carbocycles. The zero-order chi connectivity index (χ0) is 45.0. The molecule has 334 valence electrons. The van der Waals surface area contributed by atoms with Crippen LogP contribution in [-0.4, -0.2) is 112 Å². The molecule has 12 nitrogen and oxygen atoms in total. The van der Waals surface area contributed by atoms with Gasteiger partial charge in [0.2, 0.25) is 5.88 Å². The molecule has 1 fully saturated rings. The molecule has 10 rings (SSSR count). The van der Waals surface area contributed by atoms with Gasteiger partial charge >= 0.3 is 0 Å². The number of halogens is 2. The van der Waals surface area contributed by atoms with Gasteiger partial charge in [-0.1, -0.05) is 60.1 Å². The highest BCUT2D eigenvalue weighted by atomic mass is 35.5. The maximum absolute atomic E-state index is 14.3. The zero-order valence-corrected chi connectivity index (χ0v) is 38.0. The van der Waals surface area contributed by atoms with Crippen molar-refractivity contribution < 1.29 is 28.5 Å². The highest BCUT2D eigenvalue weighted by Crippen LogP contribution is 2.49. The number of aliphatic hydroxyl groups excluding tert-OH is 1. The molecule has 3 aliphatic rings. The molecule has 1 atom stereocenters. The van der Waals surface area contributed by atoms with Crippen LogP contribution >= 0.6 is 22.9 Å². The number of fused-ring (bicyclic) bond motifs is 6. The molecule has 0 saturated carbocycles. The van der Waals surface area contributed by atoms with E-state index in [1.165, 1.54) is 29.8 Å². The lowest BCUT2D eigenvalue weighted by Crippen LogP contribution is -2.46. The number of hydrogen-bond donors (Lipinski definition) is 1. The first-order valence-corrected chi connectivity index (χ1v) is 22.8. The summed E-state index contributed by atoms with van der Waals surface area (Å²) < 4.78 is 33.1. The molecule has 0 radical (unpaired) electrons. The number of aromatic nitrogens is 4. The minimum atomic E-state index is -1.16. The lowest BCUT2D eigenvalue weighted by atomic mass is 9.94. The Kier molecular flexibility index (Phi) is 13.4. The highest BCUT2D eigenvalue weighted by molar-refractivity contribution is 7.22. The van der Waals surface area contributed by atoms with Crippen LogP contribution < -0.4 is 14.2 Å². The van der Waals surface area contributed by atoms with Crippen molar-refractivity contribution in [2.45, 2.75) is 39.1 Å². The first-order valence-electron chi connectivity index (χ1n) is 21.6. The minimum Gasteiger partial charge on any atom is -0.496 e. The molecule has 1 N–H and O–H groups in total. The van der Waals surface area contributed by atoms with Gasteiger partial charge in [0.25, 0.3) is 0 Å². The quantitative estimate of drug-likeness (QED) is 0.134. The average molecular weight is 915 g/mol. The molecule has 7 aromatic rings. The number of para-hydroxylation sites is 1. The van der Waals surface area contributed by atoms with Gasteiger partial charge in [0.1, 0.15) is 41.7 Å². The summed E-state index contributed by atoms with van der Waals surface area (Å²) in [4.78, 5) is 41.2. The fourth-order valence-corrected chi connectivity index (χ4v) is 9.91. The van der Waals surface area contributed by atoms with Gasteiger partial charge in [-0.05, 0) is 83.8 Å². The molecule has 3 aliphatic heterocycles. The fourth-order valence-electron chi connectivity index (χ4n) is 8.54. The first-order chi connectivity index (χ1) is 31.6. The van der Waals surface area contributed by atoms with Crippen LogP contribution in [0.1, 0.15) is 27.9 Å². The average Bonchev–Trinajstić information content (AvgIpc) is 3.72. The Hall–Kier alpha value is -5.87. The molecule has 0 unspecified atom stereocenters. The van der Waals surface area contributed by atoms with E-state index in [1.807, 2.05) is 43.3 Å². The predicted molar refractivity (Wildman–Crippen MR) is 251 cm³/mol. The molecular weight excluding hydrogens is 865 g/mol. The van der Waals surface area contributed by atoms with Crippen molar-refractivity contribution in [2.24, 2.45) is 0 Å². The molecule has 0 spiro atoms. The number of methoxy groups -OCH3 is 1. The molecule has 15 heteroatoms. The molecule has 4 bridgehead atoms. The molecular formula is C50H49ClFN7O5S. The summed E-state index contributed by atoms with van der Waals surface area (Å²) in [5, 5.41) is 11.6. The number of nitrogens with zero attached hydrogens (tertiary/aromatic N) is 7. The third kappa shape index (κ3) is 9.74. The van der Waals surface area contributed by atoms with Crippen molar-refractivity contribution in [3.8, 4) is 50.3 Å². The van der Waals surface area contributed by atoms with Gasteiger partial charge < -0.3 is 24.2 Å². The SMILES string of the molecule is COc1ccccc1-c1nccc(COc2ccc3cc2C[C@H](C(=O)CO)Oc2ncnc4sc(-c5ccc(F)cc5)c(c24)-c2ccc(c(Cl)c2C)CN(CCN2CCN(C)CC2)C3)n1. The number of piperazine rings is 1. The van der Waals surface area contributed by atoms with E-state index in [9.17, 15) is 14.3 Å². The molecule has 65 heavy (non-hydrogen) atoms. The number of hydrogen-bond acceptors (Lipinski definition) is 13. The van der Waals surface area contributed by atoms with E-state index in [-0.39, 0.29) is 24.7 Å². The zero-order valence-electron chi connectivity index (χ0n) is 36.5. The van der Waals surface area contributed by atoms with Crippen LogP contribution in [0.2, 0.25) is 5.02 Å². The van der Waals surface area contributed by atoms with Crippen LogP contribution in [0.3, 0.4) is 0 Å². The predicted octanol–water partition coefficient (Wildman–Crippen LogP) is 8.29. The van der Waals surface area contributed by atoms with Gasteiger partial charge in [-0.2, -0.15) is 0 Å². The van der Waals surface area contributed by atoms with Crippen molar-refractivity contribution in [1.82, 2.24) is 34.6 Å². The molecule has 0 aliphatic carbocycles. The summed E-state index contributed by atoms with van der Waals surface area (Å²) in [5.74, 6) is 0.984. The van der Waals surface area contributed by atoms with Crippen LogP contribution in [0.5, 0.6) is 17.4 Å². The van der Waals surface area contributed by atoms with E-state index in [0.717, 1.165) is 83.1 Å². The Morgan fingerprint density at radius 3 is 2.51 bits per heavy atom. The van der Waals surface area contributed by atoms with Gasteiger partial charge in [0, 0.05) is 80.4 Å². The number of carbonyl (C=O) groups is 1. The third-order valence-corrected chi connectivity index (χ3v) is 13.8. The Morgan fingerprint density at radius 2 is 1.71 bits per heavy atom. The van der Waals surface area contributed by atoms with Crippen molar-refractivity contribution in [2.75, 3.05) is 60.0 Å². The summed E-state index contributed by atoms with van der Waals surface area (Å²) in [6.07, 6.45) is 1.99. The Morgan fingerprint density at radius 1 is 0.908 bits per heavy atom. The number of rotatable bonds is 11. The molecule has 0 amide bonds. The number of likely N-dealkylation sites (N-methyl/N-ethyl adjacent to an activating group) is 1. The lowest BCUT2D eigenvalue weighted by Gasteiger charge is -2.34. The van der Waals surface area contributed by atoms with Crippen LogP contribution in [0.25, 0.3) is 43.2 Å². The summed E-state index contributed by atoms with van der Waals surface area (Å²) >= 11 is 8.82. The second-order valence-corrected chi connectivity index (χ2v) is 17.9. The number of carbonyl (C=O) groups excluding carboxylic acids is 1. The fraction of sp³-hybridized carbons (Fsp3) is 0.300.